The number of carbonyl (C=O) groups excluding carboxylic acids is 4. The van der Waals surface area contributed by atoms with E-state index < -0.39 is 30.3 Å². The zero-order valence-electron chi connectivity index (χ0n) is 16.9. The molecule has 0 fully saturated rings. The second-order valence-electron chi connectivity index (χ2n) is 7.12. The van der Waals surface area contributed by atoms with Gasteiger partial charge >= 0.3 is 5.97 Å². The van der Waals surface area contributed by atoms with Crippen molar-refractivity contribution >= 4 is 45.3 Å². The van der Waals surface area contributed by atoms with Crippen LogP contribution >= 0.6 is 15.9 Å². The molecule has 4 rings (SSSR count). The lowest BCUT2D eigenvalue weighted by Crippen LogP contribution is -2.28. The number of fused-ring (bicyclic) bond motifs is 1. The molecule has 3 amide bonds. The van der Waals surface area contributed by atoms with Crippen molar-refractivity contribution in [1.29, 1.82) is 0 Å². The molecule has 1 aromatic heterocycles. The highest BCUT2D eigenvalue weighted by Gasteiger charge is 2.36. The van der Waals surface area contributed by atoms with E-state index in [-0.39, 0.29) is 23.2 Å². The number of nitrogens with zero attached hydrogens (tertiary/aromatic N) is 1. The van der Waals surface area contributed by atoms with Gasteiger partial charge in [-0.05, 0) is 61.0 Å². The third kappa shape index (κ3) is 4.33. The van der Waals surface area contributed by atoms with Crippen molar-refractivity contribution in [3.8, 4) is 0 Å². The Morgan fingerprint density at radius 2 is 1.84 bits per heavy atom. The van der Waals surface area contributed by atoms with Crippen LogP contribution in [0.2, 0.25) is 0 Å². The van der Waals surface area contributed by atoms with Gasteiger partial charge in [0.15, 0.2) is 6.61 Å². The Morgan fingerprint density at radius 1 is 1.06 bits per heavy atom. The van der Waals surface area contributed by atoms with Crippen LogP contribution in [0.4, 0.5) is 5.69 Å². The van der Waals surface area contributed by atoms with Gasteiger partial charge in [-0.3, -0.25) is 19.3 Å². The van der Waals surface area contributed by atoms with Crippen molar-refractivity contribution < 1.29 is 28.3 Å². The van der Waals surface area contributed by atoms with E-state index in [1.165, 1.54) is 24.5 Å². The molecule has 2 heterocycles. The molecule has 9 heteroatoms. The van der Waals surface area contributed by atoms with Crippen molar-refractivity contribution in [1.82, 2.24) is 4.90 Å². The minimum atomic E-state index is -0.778. The Hall–Kier alpha value is -3.72. The van der Waals surface area contributed by atoms with Crippen molar-refractivity contribution in [2.45, 2.75) is 13.5 Å². The van der Waals surface area contributed by atoms with Crippen LogP contribution < -0.4 is 5.32 Å². The predicted molar refractivity (Wildman–Crippen MR) is 117 cm³/mol. The molecule has 3 aromatic rings. The molecule has 0 bridgehead atoms. The van der Waals surface area contributed by atoms with Crippen molar-refractivity contribution in [3.63, 3.8) is 0 Å². The molecule has 0 saturated heterocycles. The fraction of sp³-hybridized carbons (Fsp3) is 0.130. The zero-order chi connectivity index (χ0) is 22.8. The van der Waals surface area contributed by atoms with Gasteiger partial charge in [-0.2, -0.15) is 0 Å². The van der Waals surface area contributed by atoms with E-state index >= 15 is 0 Å². The highest BCUT2D eigenvalue weighted by Crippen LogP contribution is 2.26. The molecular weight excluding hydrogens is 480 g/mol. The molecule has 0 aliphatic carbocycles. The number of ether oxygens (including phenoxy) is 1. The maximum Gasteiger partial charge on any atom is 0.338 e. The highest BCUT2D eigenvalue weighted by atomic mass is 79.9. The van der Waals surface area contributed by atoms with Crippen LogP contribution in [-0.4, -0.2) is 35.2 Å². The summed E-state index contributed by atoms with van der Waals surface area (Å²) in [5.41, 5.74) is 1.88. The van der Waals surface area contributed by atoms with Gasteiger partial charge in [0, 0.05) is 10.2 Å². The summed E-state index contributed by atoms with van der Waals surface area (Å²) < 4.78 is 11.2. The summed E-state index contributed by atoms with van der Waals surface area (Å²) in [4.78, 5) is 50.8. The summed E-state index contributed by atoms with van der Waals surface area (Å²) in [6, 6.07) is 12.7. The molecule has 0 saturated carbocycles. The minimum Gasteiger partial charge on any atom is -0.467 e. The molecule has 8 nitrogen and oxygen atoms in total. The number of carbonyl (C=O) groups is 4. The van der Waals surface area contributed by atoms with Gasteiger partial charge in [-0.25, -0.2) is 4.79 Å². The molecule has 0 atom stereocenters. The fourth-order valence-electron chi connectivity index (χ4n) is 3.25. The Bertz CT molecular complexity index is 1240. The first kappa shape index (κ1) is 21.5. The van der Waals surface area contributed by atoms with Crippen LogP contribution in [0.15, 0.2) is 63.7 Å². The third-order valence-corrected chi connectivity index (χ3v) is 5.77. The first-order valence-corrected chi connectivity index (χ1v) is 10.4. The standard InChI is InChI=1S/C23H17BrN2O6/c1-13-9-15(5-7-19(13)24)25-20(27)12-32-23(30)14-4-6-17-18(10-14)22(29)26(21(17)28)11-16-3-2-8-31-16/h2-10H,11-12H2,1H3,(H,25,27). The average molecular weight is 497 g/mol. The number of rotatable bonds is 6. The number of hydrogen-bond acceptors (Lipinski definition) is 6. The van der Waals surface area contributed by atoms with Gasteiger partial charge in [-0.15, -0.1) is 0 Å². The lowest BCUT2D eigenvalue weighted by Gasteiger charge is -2.11. The summed E-state index contributed by atoms with van der Waals surface area (Å²) in [5, 5.41) is 2.65. The Kier molecular flexibility index (Phi) is 5.91. The maximum atomic E-state index is 12.7. The fourth-order valence-corrected chi connectivity index (χ4v) is 3.50. The van der Waals surface area contributed by atoms with Gasteiger partial charge in [0.25, 0.3) is 17.7 Å². The normalized spacial score (nSPS) is 12.6. The monoisotopic (exact) mass is 496 g/mol. The van der Waals surface area contributed by atoms with E-state index in [0.29, 0.717) is 11.4 Å². The minimum absolute atomic E-state index is 0.00513. The van der Waals surface area contributed by atoms with E-state index in [2.05, 4.69) is 21.2 Å². The molecule has 0 unspecified atom stereocenters. The molecular formula is C23H17BrN2O6. The number of furan rings is 1. The Morgan fingerprint density at radius 3 is 2.56 bits per heavy atom. The number of imide groups is 1. The lowest BCUT2D eigenvalue weighted by molar-refractivity contribution is -0.119. The van der Waals surface area contributed by atoms with Crippen LogP contribution in [0.5, 0.6) is 0 Å². The molecule has 0 radical (unpaired) electrons. The molecule has 1 aliphatic heterocycles. The van der Waals surface area contributed by atoms with Crippen molar-refractivity contribution in [2.24, 2.45) is 0 Å². The van der Waals surface area contributed by atoms with Gasteiger partial charge in [0.2, 0.25) is 0 Å². The zero-order valence-corrected chi connectivity index (χ0v) is 18.5. The van der Waals surface area contributed by atoms with Crippen LogP contribution in [-0.2, 0) is 16.1 Å². The number of amides is 3. The van der Waals surface area contributed by atoms with Gasteiger partial charge in [-0.1, -0.05) is 15.9 Å². The number of nitrogens with one attached hydrogen (secondary N) is 1. The second-order valence-corrected chi connectivity index (χ2v) is 7.98. The third-order valence-electron chi connectivity index (χ3n) is 4.88. The summed E-state index contributed by atoms with van der Waals surface area (Å²) in [6.07, 6.45) is 1.45. The van der Waals surface area contributed by atoms with Gasteiger partial charge < -0.3 is 14.5 Å². The van der Waals surface area contributed by atoms with Crippen LogP contribution in [0, 0.1) is 6.92 Å². The number of anilines is 1. The van der Waals surface area contributed by atoms with Gasteiger partial charge in [0.05, 0.1) is 29.5 Å². The smallest absolute Gasteiger partial charge is 0.338 e. The van der Waals surface area contributed by atoms with Crippen LogP contribution in [0.1, 0.15) is 42.4 Å². The van der Waals surface area contributed by atoms with E-state index in [4.69, 9.17) is 9.15 Å². The first-order valence-electron chi connectivity index (χ1n) is 9.59. The predicted octanol–water partition coefficient (Wildman–Crippen LogP) is 3.94. The summed E-state index contributed by atoms with van der Waals surface area (Å²) in [6.45, 7) is 1.38. The number of benzene rings is 2. The molecule has 162 valence electrons. The number of hydrogen-bond donors (Lipinski definition) is 1. The highest BCUT2D eigenvalue weighted by molar-refractivity contribution is 9.10. The van der Waals surface area contributed by atoms with Gasteiger partial charge in [0.1, 0.15) is 5.76 Å². The lowest BCUT2D eigenvalue weighted by atomic mass is 10.1. The second kappa shape index (κ2) is 8.80. The number of aryl methyl sites for hydroxylation is 1. The largest absolute Gasteiger partial charge is 0.467 e. The Balaban J connectivity index is 1.40. The summed E-state index contributed by atoms with van der Waals surface area (Å²) >= 11 is 3.38. The molecule has 32 heavy (non-hydrogen) atoms. The van der Waals surface area contributed by atoms with Crippen LogP contribution in [0.3, 0.4) is 0 Å². The van der Waals surface area contributed by atoms with E-state index in [1.54, 1.807) is 30.3 Å². The first-order chi connectivity index (χ1) is 15.3. The molecule has 1 aliphatic rings. The Labute approximate surface area is 191 Å². The van der Waals surface area contributed by atoms with Crippen molar-refractivity contribution in [2.75, 3.05) is 11.9 Å². The van der Waals surface area contributed by atoms with E-state index in [0.717, 1.165) is 14.9 Å². The van der Waals surface area contributed by atoms with E-state index in [9.17, 15) is 19.2 Å². The SMILES string of the molecule is Cc1cc(NC(=O)COC(=O)c2ccc3c(c2)C(=O)N(Cc2ccco2)C3=O)ccc1Br. The molecule has 1 N–H and O–H groups in total. The number of esters is 1. The topological polar surface area (TPSA) is 106 Å². The number of halogens is 1. The van der Waals surface area contributed by atoms with Crippen LogP contribution in [0.25, 0.3) is 0 Å². The summed E-state index contributed by atoms with van der Waals surface area (Å²) in [7, 11) is 0. The summed E-state index contributed by atoms with van der Waals surface area (Å²) in [5.74, 6) is -1.81. The maximum absolute atomic E-state index is 12.7. The molecule has 2 aromatic carbocycles. The van der Waals surface area contributed by atoms with Crippen molar-refractivity contribution in [3.05, 3.63) is 87.3 Å². The average Bonchev–Trinajstić information content (AvgIpc) is 3.37. The quantitative estimate of drug-likeness (QED) is 0.409. The van der Waals surface area contributed by atoms with E-state index in [1.807, 2.05) is 6.92 Å². The molecule has 0 spiro atoms.